The fourth-order valence-electron chi connectivity index (χ4n) is 3.20. The van der Waals surface area contributed by atoms with Crippen molar-refractivity contribution in [1.82, 2.24) is 9.88 Å². The molecular formula is C20H24N4O2. The minimum Gasteiger partial charge on any atom is -0.326 e. The molecule has 26 heavy (non-hydrogen) atoms. The number of pyridine rings is 1. The lowest BCUT2D eigenvalue weighted by molar-refractivity contribution is -0.117. The normalized spacial score (nSPS) is 17.5. The summed E-state index contributed by atoms with van der Waals surface area (Å²) < 4.78 is 0. The predicted molar refractivity (Wildman–Crippen MR) is 102 cm³/mol. The zero-order chi connectivity index (χ0) is 18.4. The van der Waals surface area contributed by atoms with Crippen LogP contribution < -0.4 is 10.6 Å². The highest BCUT2D eigenvalue weighted by Crippen LogP contribution is 2.20. The van der Waals surface area contributed by atoms with Crippen molar-refractivity contribution in [3.8, 4) is 0 Å². The number of rotatable bonds is 5. The number of nitrogens with zero attached hydrogens (tertiary/aromatic N) is 2. The second kappa shape index (κ2) is 8.58. The van der Waals surface area contributed by atoms with Gasteiger partial charge >= 0.3 is 0 Å². The SMILES string of the molecule is CN1CCCCC1CC(=O)Nc1cccc(NC(=O)c2cccnc2)c1. The first-order valence-corrected chi connectivity index (χ1v) is 8.93. The highest BCUT2D eigenvalue weighted by molar-refractivity contribution is 6.04. The van der Waals surface area contributed by atoms with E-state index in [2.05, 4.69) is 27.6 Å². The van der Waals surface area contributed by atoms with Crippen molar-refractivity contribution in [1.29, 1.82) is 0 Å². The maximum atomic E-state index is 12.3. The number of hydrogen-bond acceptors (Lipinski definition) is 4. The molecule has 1 aromatic heterocycles. The third-order valence-electron chi connectivity index (χ3n) is 4.67. The van der Waals surface area contributed by atoms with Gasteiger partial charge in [-0.05, 0) is 56.8 Å². The van der Waals surface area contributed by atoms with Crippen molar-refractivity contribution >= 4 is 23.2 Å². The van der Waals surface area contributed by atoms with Crippen molar-refractivity contribution in [2.24, 2.45) is 0 Å². The molecule has 1 saturated heterocycles. The molecule has 3 rings (SSSR count). The van der Waals surface area contributed by atoms with Gasteiger partial charge in [-0.3, -0.25) is 14.6 Å². The number of likely N-dealkylation sites (tertiary alicyclic amines) is 1. The lowest BCUT2D eigenvalue weighted by Crippen LogP contribution is -2.38. The molecule has 2 amide bonds. The first-order valence-electron chi connectivity index (χ1n) is 8.93. The van der Waals surface area contributed by atoms with E-state index in [0.717, 1.165) is 13.0 Å². The molecule has 2 aromatic rings. The number of anilines is 2. The highest BCUT2D eigenvalue weighted by Gasteiger charge is 2.21. The Balaban J connectivity index is 1.58. The Morgan fingerprint density at radius 1 is 1.15 bits per heavy atom. The van der Waals surface area contributed by atoms with Crippen LogP contribution in [0.4, 0.5) is 11.4 Å². The van der Waals surface area contributed by atoms with Crippen LogP contribution in [0.25, 0.3) is 0 Å². The molecule has 2 heterocycles. The molecule has 0 aliphatic carbocycles. The number of carbonyl (C=O) groups is 2. The Bertz CT molecular complexity index is 763. The minimum absolute atomic E-state index is 0.000476. The van der Waals surface area contributed by atoms with E-state index in [9.17, 15) is 9.59 Å². The summed E-state index contributed by atoms with van der Waals surface area (Å²) >= 11 is 0. The number of hydrogen-bond donors (Lipinski definition) is 2. The van der Waals surface area contributed by atoms with Crippen molar-refractivity contribution in [2.45, 2.75) is 31.7 Å². The van der Waals surface area contributed by atoms with Gasteiger partial charge in [0.1, 0.15) is 0 Å². The molecule has 1 fully saturated rings. The average Bonchev–Trinajstić information content (AvgIpc) is 2.64. The molecular weight excluding hydrogens is 328 g/mol. The molecule has 2 N–H and O–H groups in total. The van der Waals surface area contributed by atoms with Crippen LogP contribution in [0.5, 0.6) is 0 Å². The molecule has 0 radical (unpaired) electrons. The van der Waals surface area contributed by atoms with E-state index >= 15 is 0 Å². The Kier molecular flexibility index (Phi) is 5.96. The molecule has 6 nitrogen and oxygen atoms in total. The third kappa shape index (κ3) is 4.89. The van der Waals surface area contributed by atoms with Gasteiger partial charge in [-0.25, -0.2) is 0 Å². The number of nitrogens with one attached hydrogen (secondary N) is 2. The molecule has 1 atom stereocenters. The van der Waals surface area contributed by atoms with Crippen LogP contribution in [-0.4, -0.2) is 41.3 Å². The van der Waals surface area contributed by atoms with Crippen molar-refractivity contribution in [2.75, 3.05) is 24.2 Å². The van der Waals surface area contributed by atoms with Crippen LogP contribution in [0, 0.1) is 0 Å². The van der Waals surface area contributed by atoms with Crippen molar-refractivity contribution in [3.63, 3.8) is 0 Å². The van der Waals surface area contributed by atoms with Gasteiger partial charge in [0.25, 0.3) is 5.91 Å². The zero-order valence-corrected chi connectivity index (χ0v) is 14.9. The molecule has 1 aromatic carbocycles. The summed E-state index contributed by atoms with van der Waals surface area (Å²) in [7, 11) is 2.08. The van der Waals surface area contributed by atoms with E-state index in [1.807, 2.05) is 6.07 Å². The maximum absolute atomic E-state index is 12.3. The Labute approximate surface area is 153 Å². The van der Waals surface area contributed by atoms with E-state index in [4.69, 9.17) is 0 Å². The summed E-state index contributed by atoms with van der Waals surface area (Å²) in [4.78, 5) is 30.8. The Morgan fingerprint density at radius 2 is 1.96 bits per heavy atom. The van der Waals surface area contributed by atoms with Gasteiger partial charge in [0.2, 0.25) is 5.91 Å². The zero-order valence-electron chi connectivity index (χ0n) is 14.9. The van der Waals surface area contributed by atoms with Crippen LogP contribution in [0.3, 0.4) is 0 Å². The van der Waals surface area contributed by atoms with Crippen LogP contribution in [-0.2, 0) is 4.79 Å². The van der Waals surface area contributed by atoms with Crippen LogP contribution in [0.2, 0.25) is 0 Å². The van der Waals surface area contributed by atoms with Gasteiger partial charge in [0.05, 0.1) is 5.56 Å². The van der Waals surface area contributed by atoms with E-state index in [1.165, 1.54) is 19.0 Å². The van der Waals surface area contributed by atoms with Gasteiger partial charge in [-0.15, -0.1) is 0 Å². The first-order chi connectivity index (χ1) is 12.6. The second-order valence-electron chi connectivity index (χ2n) is 6.66. The summed E-state index contributed by atoms with van der Waals surface area (Å²) in [6.07, 6.45) is 7.07. The number of piperidine rings is 1. The monoisotopic (exact) mass is 352 g/mol. The minimum atomic E-state index is -0.231. The highest BCUT2D eigenvalue weighted by atomic mass is 16.2. The van der Waals surface area contributed by atoms with E-state index in [0.29, 0.717) is 29.4 Å². The average molecular weight is 352 g/mol. The summed E-state index contributed by atoms with van der Waals surface area (Å²) in [5.74, 6) is -0.232. The van der Waals surface area contributed by atoms with Crippen LogP contribution in [0.1, 0.15) is 36.0 Å². The number of carbonyl (C=O) groups excluding carboxylic acids is 2. The fourth-order valence-corrected chi connectivity index (χ4v) is 3.20. The van der Waals surface area contributed by atoms with Crippen molar-refractivity contribution < 1.29 is 9.59 Å². The van der Waals surface area contributed by atoms with Gasteiger partial charge in [0, 0.05) is 36.2 Å². The molecule has 1 aliphatic heterocycles. The van der Waals surface area contributed by atoms with Gasteiger partial charge < -0.3 is 15.5 Å². The molecule has 0 bridgehead atoms. The number of amides is 2. The third-order valence-corrected chi connectivity index (χ3v) is 4.67. The van der Waals surface area contributed by atoms with Gasteiger partial charge in [-0.2, -0.15) is 0 Å². The molecule has 6 heteroatoms. The quantitative estimate of drug-likeness (QED) is 0.867. The smallest absolute Gasteiger partial charge is 0.257 e. The van der Waals surface area contributed by atoms with E-state index in [1.54, 1.807) is 36.5 Å². The van der Waals surface area contributed by atoms with Crippen molar-refractivity contribution in [3.05, 3.63) is 54.4 Å². The topological polar surface area (TPSA) is 74.3 Å². The van der Waals surface area contributed by atoms with Gasteiger partial charge in [0.15, 0.2) is 0 Å². The Morgan fingerprint density at radius 3 is 2.69 bits per heavy atom. The summed E-state index contributed by atoms with van der Waals surface area (Å²) in [6, 6.07) is 10.9. The van der Waals surface area contributed by atoms with E-state index in [-0.39, 0.29) is 11.8 Å². The first kappa shape index (κ1) is 18.1. The Hall–Kier alpha value is -2.73. The van der Waals surface area contributed by atoms with Crippen LogP contribution >= 0.6 is 0 Å². The summed E-state index contributed by atoms with van der Waals surface area (Å²) in [5.41, 5.74) is 1.80. The molecule has 0 saturated carbocycles. The summed E-state index contributed by atoms with van der Waals surface area (Å²) in [5, 5.41) is 5.76. The van der Waals surface area contributed by atoms with Gasteiger partial charge in [-0.1, -0.05) is 12.5 Å². The molecule has 1 unspecified atom stereocenters. The predicted octanol–water partition coefficient (Wildman–Crippen LogP) is 3.15. The largest absolute Gasteiger partial charge is 0.326 e. The molecule has 0 spiro atoms. The lowest BCUT2D eigenvalue weighted by atomic mass is 10.00. The second-order valence-corrected chi connectivity index (χ2v) is 6.66. The number of aromatic nitrogens is 1. The summed E-state index contributed by atoms with van der Waals surface area (Å²) in [6.45, 7) is 1.05. The maximum Gasteiger partial charge on any atom is 0.257 e. The number of benzene rings is 1. The fraction of sp³-hybridized carbons (Fsp3) is 0.350. The van der Waals surface area contributed by atoms with Crippen LogP contribution in [0.15, 0.2) is 48.8 Å². The molecule has 1 aliphatic rings. The molecule has 136 valence electrons. The van der Waals surface area contributed by atoms with E-state index < -0.39 is 0 Å². The standard InChI is InChI=1S/C20H24N4O2/c1-24-11-3-2-9-18(24)13-19(25)22-16-7-4-8-17(12-16)23-20(26)15-6-5-10-21-14-15/h4-8,10,12,14,18H,2-3,9,11,13H2,1H3,(H,22,25)(H,23,26). The lowest BCUT2D eigenvalue weighted by Gasteiger charge is -2.31.